The molecule has 4 rings (SSSR count). The lowest BCUT2D eigenvalue weighted by atomic mass is 9.95. The van der Waals surface area contributed by atoms with Crippen LogP contribution in [-0.4, -0.2) is 39.8 Å². The minimum absolute atomic E-state index is 0.0854. The number of nitrogens with zero attached hydrogens (tertiary/aromatic N) is 4. The van der Waals surface area contributed by atoms with Crippen molar-refractivity contribution in [3.63, 3.8) is 0 Å². The van der Waals surface area contributed by atoms with Crippen LogP contribution < -0.4 is 10.2 Å². The largest absolute Gasteiger partial charge is 0.353 e. The minimum Gasteiger partial charge on any atom is -0.353 e. The van der Waals surface area contributed by atoms with Gasteiger partial charge in [0.15, 0.2) is 0 Å². The summed E-state index contributed by atoms with van der Waals surface area (Å²) < 4.78 is 1.97. The Balaban J connectivity index is 1.23. The maximum Gasteiger partial charge on any atom is 0.223 e. The third-order valence-corrected chi connectivity index (χ3v) is 6.46. The summed E-state index contributed by atoms with van der Waals surface area (Å²) in [4.78, 5) is 14.9. The van der Waals surface area contributed by atoms with Gasteiger partial charge in [0.2, 0.25) is 16.2 Å². The third kappa shape index (κ3) is 5.03. The maximum atomic E-state index is 12.7. The summed E-state index contributed by atoms with van der Waals surface area (Å²) in [7, 11) is 0. The van der Waals surface area contributed by atoms with Gasteiger partial charge in [0.1, 0.15) is 0 Å². The monoisotopic (exact) mass is 409 g/mol. The Morgan fingerprint density at radius 2 is 1.79 bits per heavy atom. The Bertz CT molecular complexity index is 900. The first-order chi connectivity index (χ1) is 14.2. The number of carbonyl (C=O) groups excluding carboxylic acids is 1. The van der Waals surface area contributed by atoms with Crippen molar-refractivity contribution in [2.75, 3.05) is 18.0 Å². The van der Waals surface area contributed by atoms with Gasteiger partial charge in [0.05, 0.1) is 0 Å². The van der Waals surface area contributed by atoms with E-state index in [1.807, 2.05) is 35.2 Å². The number of anilines is 1. The molecule has 29 heavy (non-hydrogen) atoms. The fraction of sp³-hybridized carbons (Fsp3) is 0.409. The number of hydrogen-bond acceptors (Lipinski definition) is 5. The first kappa shape index (κ1) is 19.6. The molecule has 1 aliphatic rings. The number of amides is 1. The van der Waals surface area contributed by atoms with Crippen LogP contribution >= 0.6 is 11.3 Å². The molecule has 0 unspecified atom stereocenters. The summed E-state index contributed by atoms with van der Waals surface area (Å²) in [6.07, 6.45) is 7.61. The molecule has 1 aromatic carbocycles. The highest BCUT2D eigenvalue weighted by Crippen LogP contribution is 2.28. The summed E-state index contributed by atoms with van der Waals surface area (Å²) in [6, 6.07) is 14.6. The number of nitrogens with one attached hydrogen (secondary N) is 1. The number of aromatic nitrogens is 3. The molecule has 1 amide bonds. The minimum atomic E-state index is 0.0854. The van der Waals surface area contributed by atoms with Crippen molar-refractivity contribution < 1.29 is 4.79 Å². The van der Waals surface area contributed by atoms with E-state index in [0.29, 0.717) is 0 Å². The number of hydrogen-bond donors (Lipinski definition) is 1. The van der Waals surface area contributed by atoms with Crippen LogP contribution in [-0.2, 0) is 11.2 Å². The van der Waals surface area contributed by atoms with Gasteiger partial charge in [0, 0.05) is 37.4 Å². The van der Waals surface area contributed by atoms with Gasteiger partial charge in [-0.1, -0.05) is 41.7 Å². The molecule has 152 valence electrons. The highest BCUT2D eigenvalue weighted by Gasteiger charge is 2.27. The molecule has 3 heterocycles. The molecular formula is C22H27N5OS. The summed E-state index contributed by atoms with van der Waals surface area (Å²) in [5.41, 5.74) is 1.32. The molecule has 7 heteroatoms. The van der Waals surface area contributed by atoms with Crippen molar-refractivity contribution >= 4 is 22.4 Å². The molecule has 2 aromatic heterocycles. The SMILES string of the molecule is C[C@@H](CCc1ccccc1)NC(=O)C1CCN(c2nnc(-n3cccc3)s2)CC1. The Kier molecular flexibility index (Phi) is 6.24. The third-order valence-electron chi connectivity index (χ3n) is 5.46. The zero-order chi connectivity index (χ0) is 20.1. The first-order valence-electron chi connectivity index (χ1n) is 10.2. The van der Waals surface area contributed by atoms with Crippen molar-refractivity contribution in [1.82, 2.24) is 20.1 Å². The Labute approximate surface area is 175 Å². The molecule has 0 radical (unpaired) electrons. The van der Waals surface area contributed by atoms with Crippen LogP contribution in [0.2, 0.25) is 0 Å². The van der Waals surface area contributed by atoms with Crippen molar-refractivity contribution in [3.8, 4) is 5.13 Å². The zero-order valence-electron chi connectivity index (χ0n) is 16.7. The van der Waals surface area contributed by atoms with Gasteiger partial charge in [-0.05, 0) is 50.3 Å². The van der Waals surface area contributed by atoms with Gasteiger partial charge < -0.3 is 10.2 Å². The predicted octanol–water partition coefficient (Wildman–Crippen LogP) is 3.68. The van der Waals surface area contributed by atoms with Gasteiger partial charge in [-0.3, -0.25) is 9.36 Å². The average Bonchev–Trinajstić information content (AvgIpc) is 3.45. The number of aryl methyl sites for hydroxylation is 1. The molecule has 6 nitrogen and oxygen atoms in total. The second-order valence-corrected chi connectivity index (χ2v) is 8.59. The number of rotatable bonds is 7. The van der Waals surface area contributed by atoms with E-state index < -0.39 is 0 Å². The lowest BCUT2D eigenvalue weighted by molar-refractivity contribution is -0.126. The van der Waals surface area contributed by atoms with Gasteiger partial charge in [0.25, 0.3) is 0 Å². The number of carbonyl (C=O) groups is 1. The predicted molar refractivity (Wildman–Crippen MR) is 117 cm³/mol. The standard InChI is InChI=1S/C22H27N5OS/c1-17(9-10-18-7-3-2-4-8-18)23-20(28)19-11-15-27(16-12-19)22-25-24-21(29-22)26-13-5-6-14-26/h2-8,13-14,17,19H,9-12,15-16H2,1H3,(H,23,28)/t17-/m0/s1. The van der Waals surface area contributed by atoms with Gasteiger partial charge in [-0.25, -0.2) is 0 Å². The van der Waals surface area contributed by atoms with Crippen LogP contribution in [0.15, 0.2) is 54.9 Å². The molecule has 0 bridgehead atoms. The van der Waals surface area contributed by atoms with Crippen LogP contribution in [0.1, 0.15) is 31.7 Å². The average molecular weight is 410 g/mol. The lowest BCUT2D eigenvalue weighted by Gasteiger charge is -2.31. The lowest BCUT2D eigenvalue weighted by Crippen LogP contribution is -2.43. The molecule has 0 aliphatic carbocycles. The highest BCUT2D eigenvalue weighted by atomic mass is 32.1. The normalized spacial score (nSPS) is 16.0. The molecule has 1 aliphatic heterocycles. The van der Waals surface area contributed by atoms with E-state index in [-0.39, 0.29) is 17.9 Å². The van der Waals surface area contributed by atoms with Crippen LogP contribution in [0.3, 0.4) is 0 Å². The summed E-state index contributed by atoms with van der Waals surface area (Å²) in [5, 5.41) is 13.6. The van der Waals surface area contributed by atoms with E-state index in [9.17, 15) is 4.79 Å². The van der Waals surface area contributed by atoms with Gasteiger partial charge in [-0.2, -0.15) is 0 Å². The van der Waals surface area contributed by atoms with E-state index in [0.717, 1.165) is 49.0 Å². The zero-order valence-corrected chi connectivity index (χ0v) is 17.5. The highest BCUT2D eigenvalue weighted by molar-refractivity contribution is 7.17. The molecule has 1 saturated heterocycles. The van der Waals surface area contributed by atoms with Crippen molar-refractivity contribution in [3.05, 3.63) is 60.4 Å². The topological polar surface area (TPSA) is 63.1 Å². The molecular weight excluding hydrogens is 382 g/mol. The van der Waals surface area contributed by atoms with Crippen LogP contribution in [0.5, 0.6) is 0 Å². The molecule has 0 saturated carbocycles. The first-order valence-corrected chi connectivity index (χ1v) is 11.1. The smallest absolute Gasteiger partial charge is 0.223 e. The van der Waals surface area contributed by atoms with Crippen LogP contribution in [0.4, 0.5) is 5.13 Å². The Morgan fingerprint density at radius 3 is 2.52 bits per heavy atom. The van der Waals surface area contributed by atoms with E-state index in [4.69, 9.17) is 0 Å². The fourth-order valence-electron chi connectivity index (χ4n) is 3.70. The van der Waals surface area contributed by atoms with Gasteiger partial charge >= 0.3 is 0 Å². The van der Waals surface area contributed by atoms with E-state index in [1.54, 1.807) is 11.3 Å². The summed E-state index contributed by atoms with van der Waals surface area (Å²) in [5.74, 6) is 0.276. The molecule has 0 spiro atoms. The van der Waals surface area contributed by atoms with Crippen LogP contribution in [0.25, 0.3) is 5.13 Å². The van der Waals surface area contributed by atoms with E-state index >= 15 is 0 Å². The van der Waals surface area contributed by atoms with Crippen molar-refractivity contribution in [2.24, 2.45) is 5.92 Å². The van der Waals surface area contributed by atoms with E-state index in [1.165, 1.54) is 5.56 Å². The second-order valence-electron chi connectivity index (χ2n) is 7.65. The van der Waals surface area contributed by atoms with Crippen molar-refractivity contribution in [2.45, 2.75) is 38.6 Å². The second kappa shape index (κ2) is 9.22. The Morgan fingerprint density at radius 1 is 1.10 bits per heavy atom. The quantitative estimate of drug-likeness (QED) is 0.647. The summed E-state index contributed by atoms with van der Waals surface area (Å²) in [6.45, 7) is 3.79. The maximum absolute atomic E-state index is 12.7. The fourth-order valence-corrected chi connectivity index (χ4v) is 4.56. The summed E-state index contributed by atoms with van der Waals surface area (Å²) >= 11 is 1.59. The number of benzene rings is 1. The number of piperidine rings is 1. The van der Waals surface area contributed by atoms with Crippen LogP contribution in [0, 0.1) is 5.92 Å². The molecule has 1 atom stereocenters. The van der Waals surface area contributed by atoms with Gasteiger partial charge in [-0.15, -0.1) is 10.2 Å². The molecule has 3 aromatic rings. The molecule has 1 N–H and O–H groups in total. The Hall–Kier alpha value is -2.67. The van der Waals surface area contributed by atoms with Crippen molar-refractivity contribution in [1.29, 1.82) is 0 Å². The molecule has 1 fully saturated rings. The van der Waals surface area contributed by atoms with E-state index in [2.05, 4.69) is 51.6 Å².